The second-order valence-corrected chi connectivity index (χ2v) is 19.3. The summed E-state index contributed by atoms with van der Waals surface area (Å²) in [7, 11) is 0. The largest absolute Gasteiger partial charge is 0.355 e. The van der Waals surface area contributed by atoms with E-state index in [-0.39, 0.29) is 72.1 Å². The molecule has 0 aromatic rings. The fourth-order valence-electron chi connectivity index (χ4n) is 8.48. The van der Waals surface area contributed by atoms with Gasteiger partial charge in [0, 0.05) is 91.5 Å². The summed E-state index contributed by atoms with van der Waals surface area (Å²) in [6.07, 6.45) is 9.49. The lowest BCUT2D eigenvalue weighted by Gasteiger charge is -2.23. The van der Waals surface area contributed by atoms with Gasteiger partial charge in [-0.15, -0.1) is 0 Å². The fourth-order valence-corrected chi connectivity index (χ4v) is 13.1. The Morgan fingerprint density at radius 3 is 1.11 bits per heavy atom. The van der Waals surface area contributed by atoms with E-state index in [0.717, 1.165) is 75.0 Å². The normalized spacial score (nSPS) is 30.1. The molecule has 55 heavy (non-hydrogen) atoms. The zero-order valence-corrected chi connectivity index (χ0v) is 34.1. The molecule has 6 fully saturated rings. The smallest absolute Gasteiger partial charge is 0.315 e. The number of carbonyl (C=O) groups is 6. The van der Waals surface area contributed by atoms with Crippen LogP contribution in [0.25, 0.3) is 0 Å². The third-order valence-corrected chi connectivity index (χ3v) is 16.0. The van der Waals surface area contributed by atoms with Crippen LogP contribution in [0, 0.1) is 0 Å². The molecule has 19 heteroatoms. The van der Waals surface area contributed by atoms with Gasteiger partial charge in [0.05, 0.1) is 36.3 Å². The molecular weight excluding hydrogens is 765 g/mol. The van der Waals surface area contributed by atoms with Gasteiger partial charge >= 0.3 is 18.1 Å². The van der Waals surface area contributed by atoms with E-state index < -0.39 is 0 Å². The van der Waals surface area contributed by atoms with E-state index in [2.05, 4.69) is 52.8 Å². The van der Waals surface area contributed by atoms with Crippen LogP contribution < -0.4 is 47.9 Å². The number of carbonyl (C=O) groups excluding carboxylic acids is 6. The first-order valence-electron chi connectivity index (χ1n) is 20.3. The van der Waals surface area contributed by atoms with Crippen molar-refractivity contribution < 1.29 is 28.8 Å². The number of rotatable bonds is 24. The summed E-state index contributed by atoms with van der Waals surface area (Å²) in [4.78, 5) is 75.0. The Labute approximate surface area is 337 Å². The Bertz CT molecular complexity index is 1210. The number of hydrogen-bond acceptors (Lipinski definition) is 10. The van der Waals surface area contributed by atoms with Crippen molar-refractivity contribution in [1.82, 2.24) is 52.8 Å². The number of hydrogen-bond donors (Lipinski definition) is 9. The number of amides is 9. The first kappa shape index (κ1) is 41.9. The summed E-state index contributed by atoms with van der Waals surface area (Å²) in [5.41, 5.74) is 0. The molecule has 6 aliphatic rings. The third kappa shape index (κ3) is 12.6. The summed E-state index contributed by atoms with van der Waals surface area (Å²) in [6.45, 7) is 3.25. The maximum absolute atomic E-state index is 12.6. The quantitative estimate of drug-likeness (QED) is 0.0494. The summed E-state index contributed by atoms with van der Waals surface area (Å²) in [5.74, 6) is 2.85. The summed E-state index contributed by atoms with van der Waals surface area (Å²) < 4.78 is 0. The molecule has 0 aromatic heterocycles. The molecule has 0 bridgehead atoms. The van der Waals surface area contributed by atoms with Crippen LogP contribution in [0.3, 0.4) is 0 Å². The van der Waals surface area contributed by atoms with E-state index >= 15 is 0 Å². The lowest BCUT2D eigenvalue weighted by atomic mass is 10.0. The lowest BCUT2D eigenvalue weighted by Crippen LogP contribution is -2.43. The van der Waals surface area contributed by atoms with E-state index in [1.807, 2.05) is 35.3 Å². The first-order valence-corrected chi connectivity index (χ1v) is 23.4. The summed E-state index contributed by atoms with van der Waals surface area (Å²) in [6, 6.07) is 0.945. The molecule has 6 rings (SSSR count). The molecule has 0 saturated carbocycles. The SMILES string of the molecule is O=C(CCCC[C@@H]1SC[C@@H]2NC(=O)N[C@@H]21)NCCN(CCNC(=O)CCCC[C@@H]1SC[C@@H]2NC(=O)N[C@@H]21)CCNC(=O)CCCC[C@@H]1SC[C@@H]2NC(=O)N[C@@H]21. The van der Waals surface area contributed by atoms with Gasteiger partial charge in [-0.2, -0.15) is 35.3 Å². The molecule has 6 aliphatic heterocycles. The highest BCUT2D eigenvalue weighted by Crippen LogP contribution is 2.35. The molecule has 0 spiro atoms. The topological polar surface area (TPSA) is 214 Å². The van der Waals surface area contributed by atoms with Crippen LogP contribution in [0.15, 0.2) is 0 Å². The van der Waals surface area contributed by atoms with Crippen molar-refractivity contribution in [1.29, 1.82) is 0 Å². The highest BCUT2D eigenvalue weighted by atomic mass is 32.2. The Balaban J connectivity index is 0.838. The van der Waals surface area contributed by atoms with E-state index in [1.54, 1.807) is 0 Å². The van der Waals surface area contributed by atoms with Crippen LogP contribution in [-0.2, 0) is 14.4 Å². The minimum atomic E-state index is -0.0788. The van der Waals surface area contributed by atoms with Gasteiger partial charge < -0.3 is 47.9 Å². The predicted octanol–water partition coefficient (Wildman–Crippen LogP) is 0.814. The number of urea groups is 3. The molecule has 9 N–H and O–H groups in total. The molecule has 6 heterocycles. The van der Waals surface area contributed by atoms with Crippen molar-refractivity contribution in [2.45, 2.75) is 129 Å². The van der Waals surface area contributed by atoms with Crippen LogP contribution >= 0.6 is 35.3 Å². The van der Waals surface area contributed by atoms with Crippen molar-refractivity contribution in [3.63, 3.8) is 0 Å². The zero-order chi connectivity index (χ0) is 38.6. The first-order chi connectivity index (χ1) is 26.7. The highest BCUT2D eigenvalue weighted by Gasteiger charge is 2.44. The Hall–Kier alpha value is -2.77. The average Bonchev–Trinajstić information content (AvgIpc) is 4.00. The molecule has 0 aromatic carbocycles. The van der Waals surface area contributed by atoms with Crippen molar-refractivity contribution in [2.75, 3.05) is 56.5 Å². The molecule has 0 radical (unpaired) electrons. The molecular formula is C36H60N10O6S3. The Kier molecular flexibility index (Phi) is 16.1. The van der Waals surface area contributed by atoms with Gasteiger partial charge in [-0.05, 0) is 38.5 Å². The van der Waals surface area contributed by atoms with Crippen molar-refractivity contribution >= 4 is 71.1 Å². The van der Waals surface area contributed by atoms with E-state index in [0.29, 0.717) is 74.3 Å². The van der Waals surface area contributed by atoms with Crippen LogP contribution in [-0.4, -0.2) is 149 Å². The summed E-state index contributed by atoms with van der Waals surface area (Å²) in [5, 5.41) is 28.3. The molecule has 0 unspecified atom stereocenters. The van der Waals surface area contributed by atoms with Crippen LogP contribution in [0.1, 0.15) is 77.0 Å². The van der Waals surface area contributed by atoms with E-state index in [4.69, 9.17) is 0 Å². The maximum Gasteiger partial charge on any atom is 0.315 e. The minimum Gasteiger partial charge on any atom is -0.355 e. The molecule has 9 amide bonds. The van der Waals surface area contributed by atoms with Crippen molar-refractivity contribution in [3.05, 3.63) is 0 Å². The van der Waals surface area contributed by atoms with Crippen LogP contribution in [0.5, 0.6) is 0 Å². The Morgan fingerprint density at radius 2 is 0.800 bits per heavy atom. The molecule has 6 saturated heterocycles. The minimum absolute atomic E-state index is 0.0190. The fraction of sp³-hybridized carbons (Fsp3) is 0.833. The zero-order valence-electron chi connectivity index (χ0n) is 31.7. The van der Waals surface area contributed by atoms with Gasteiger partial charge in [0.25, 0.3) is 0 Å². The molecule has 308 valence electrons. The van der Waals surface area contributed by atoms with Gasteiger partial charge in [-0.1, -0.05) is 19.3 Å². The molecule has 0 aliphatic carbocycles. The second kappa shape index (κ2) is 21.1. The second-order valence-electron chi connectivity index (χ2n) is 15.5. The van der Waals surface area contributed by atoms with Gasteiger partial charge in [0.1, 0.15) is 0 Å². The van der Waals surface area contributed by atoms with Gasteiger partial charge in [0.15, 0.2) is 0 Å². The maximum atomic E-state index is 12.6. The van der Waals surface area contributed by atoms with E-state index in [9.17, 15) is 28.8 Å². The number of nitrogens with zero attached hydrogens (tertiary/aromatic N) is 1. The number of unbranched alkanes of at least 4 members (excludes halogenated alkanes) is 3. The van der Waals surface area contributed by atoms with Gasteiger partial charge in [-0.3, -0.25) is 19.3 Å². The number of thioether (sulfide) groups is 3. The Morgan fingerprint density at radius 1 is 0.491 bits per heavy atom. The van der Waals surface area contributed by atoms with Crippen LogP contribution in [0.2, 0.25) is 0 Å². The van der Waals surface area contributed by atoms with Crippen molar-refractivity contribution in [3.8, 4) is 0 Å². The molecule has 16 nitrogen and oxygen atoms in total. The standard InChI is InChI=1S/C36H60N10O6S3/c47-28(10-4-1-7-25-31-22(19-53-25)40-34(50)43-31)37-13-16-46(17-14-38-29(48)11-5-2-8-26-32-23(20-54-26)41-35(51)44-32)18-15-39-30(49)12-6-3-9-27-33-24(21-55-27)42-36(52)45-33/h22-27,31-33H,1-21H2,(H,37,47)(H,38,48)(H,39,49)(H2,40,43,50)(H2,41,44,51)(H2,42,45,52)/t22-,23-,24-,25-,26-,27-,31-,32-,33-/m0/s1. The number of fused-ring (bicyclic) bond motifs is 3. The van der Waals surface area contributed by atoms with Gasteiger partial charge in [0.2, 0.25) is 17.7 Å². The molecule has 9 atom stereocenters. The van der Waals surface area contributed by atoms with Crippen molar-refractivity contribution in [2.24, 2.45) is 0 Å². The van der Waals surface area contributed by atoms with E-state index in [1.165, 1.54) is 0 Å². The van der Waals surface area contributed by atoms with Gasteiger partial charge in [-0.25, -0.2) is 14.4 Å². The lowest BCUT2D eigenvalue weighted by molar-refractivity contribution is -0.121. The average molecular weight is 825 g/mol. The monoisotopic (exact) mass is 824 g/mol. The summed E-state index contributed by atoms with van der Waals surface area (Å²) >= 11 is 5.67. The van der Waals surface area contributed by atoms with Crippen LogP contribution in [0.4, 0.5) is 14.4 Å². The number of nitrogens with one attached hydrogen (secondary N) is 9. The third-order valence-electron chi connectivity index (χ3n) is 11.5. The predicted molar refractivity (Wildman–Crippen MR) is 217 cm³/mol. The highest BCUT2D eigenvalue weighted by molar-refractivity contribution is 8.00.